The van der Waals surface area contributed by atoms with E-state index in [9.17, 15) is 0 Å². The Morgan fingerprint density at radius 3 is 2.81 bits per heavy atom. The van der Waals surface area contributed by atoms with Crippen molar-refractivity contribution in [3.8, 4) is 0 Å². The molecule has 0 radical (unpaired) electrons. The van der Waals surface area contributed by atoms with Crippen LogP contribution in [0.2, 0.25) is 5.02 Å². The van der Waals surface area contributed by atoms with Crippen LogP contribution in [-0.4, -0.2) is 54.3 Å². The lowest BCUT2D eigenvalue weighted by Crippen LogP contribution is -2.40. The Kier molecular flexibility index (Phi) is 7.52. The zero-order chi connectivity index (χ0) is 19.1. The highest BCUT2D eigenvalue weighted by Crippen LogP contribution is 2.25. The van der Waals surface area contributed by atoms with Gasteiger partial charge in [-0.25, -0.2) is 0 Å². The first-order chi connectivity index (χ1) is 13.1. The van der Waals surface area contributed by atoms with Gasteiger partial charge in [-0.15, -0.1) is 0 Å². The normalized spacial score (nSPS) is 14.9. The minimum absolute atomic E-state index is 0.630. The molecule has 0 amide bonds. The van der Waals surface area contributed by atoms with Crippen LogP contribution in [0, 0.1) is 6.92 Å². The molecule has 0 bridgehead atoms. The van der Waals surface area contributed by atoms with Crippen LogP contribution in [0.15, 0.2) is 41.0 Å². The Hall–Kier alpha value is -1.60. The van der Waals surface area contributed by atoms with E-state index >= 15 is 0 Å². The van der Waals surface area contributed by atoms with Gasteiger partial charge in [0.25, 0.3) is 0 Å². The van der Waals surface area contributed by atoms with Crippen molar-refractivity contribution in [2.24, 2.45) is 0 Å². The number of hydrogen-bond acceptors (Lipinski definition) is 4. The number of furan rings is 1. The van der Waals surface area contributed by atoms with E-state index in [1.807, 2.05) is 37.3 Å². The van der Waals surface area contributed by atoms with Crippen molar-refractivity contribution >= 4 is 34.6 Å². The van der Waals surface area contributed by atoms with Gasteiger partial charge in [0.1, 0.15) is 5.76 Å². The largest absolute Gasteiger partial charge is 0.467 e. The second-order valence-corrected chi connectivity index (χ2v) is 7.44. The quantitative estimate of drug-likeness (QED) is 0.695. The Bertz CT molecular complexity index is 733. The van der Waals surface area contributed by atoms with Gasteiger partial charge in [0.05, 0.1) is 36.7 Å². The number of thiocarbonyl (C=S) groups is 1. The molecular formula is C20H26ClN3O2S. The molecule has 7 heteroatoms. The number of morpholine rings is 1. The number of halogens is 1. The van der Waals surface area contributed by atoms with Crippen molar-refractivity contribution < 1.29 is 9.15 Å². The van der Waals surface area contributed by atoms with Crippen molar-refractivity contribution in [1.82, 2.24) is 9.80 Å². The van der Waals surface area contributed by atoms with Crippen LogP contribution >= 0.6 is 23.8 Å². The number of rotatable bonds is 7. The second kappa shape index (κ2) is 10.1. The van der Waals surface area contributed by atoms with Crippen molar-refractivity contribution in [3.05, 3.63) is 52.9 Å². The van der Waals surface area contributed by atoms with Crippen molar-refractivity contribution in [3.63, 3.8) is 0 Å². The van der Waals surface area contributed by atoms with E-state index in [2.05, 4.69) is 15.1 Å². The summed E-state index contributed by atoms with van der Waals surface area (Å²) in [6, 6.07) is 9.77. The highest BCUT2D eigenvalue weighted by atomic mass is 35.5. The molecule has 5 nitrogen and oxygen atoms in total. The fourth-order valence-corrected chi connectivity index (χ4v) is 3.53. The monoisotopic (exact) mass is 407 g/mol. The highest BCUT2D eigenvalue weighted by Gasteiger charge is 2.15. The van der Waals surface area contributed by atoms with Crippen molar-refractivity contribution in [2.75, 3.05) is 44.7 Å². The van der Waals surface area contributed by atoms with Gasteiger partial charge in [-0.1, -0.05) is 23.7 Å². The van der Waals surface area contributed by atoms with Crippen LogP contribution in [0.25, 0.3) is 0 Å². The first kappa shape index (κ1) is 20.1. The number of hydrogen-bond donors (Lipinski definition) is 1. The summed E-state index contributed by atoms with van der Waals surface area (Å²) in [6.45, 7) is 8.13. The summed E-state index contributed by atoms with van der Waals surface area (Å²) < 4.78 is 10.9. The van der Waals surface area contributed by atoms with Crippen molar-refractivity contribution in [1.29, 1.82) is 0 Å². The number of nitrogens with one attached hydrogen (secondary N) is 1. The third-order valence-corrected chi connectivity index (χ3v) is 5.52. The second-order valence-electron chi connectivity index (χ2n) is 6.68. The summed E-state index contributed by atoms with van der Waals surface area (Å²) in [4.78, 5) is 4.57. The van der Waals surface area contributed by atoms with E-state index in [4.69, 9.17) is 33.0 Å². The maximum Gasteiger partial charge on any atom is 0.173 e. The molecule has 1 aromatic heterocycles. The molecule has 3 rings (SSSR count). The molecule has 0 spiro atoms. The molecule has 1 aliphatic heterocycles. The summed E-state index contributed by atoms with van der Waals surface area (Å²) in [5.41, 5.74) is 1.86. The van der Waals surface area contributed by atoms with Crippen LogP contribution in [0.1, 0.15) is 17.7 Å². The van der Waals surface area contributed by atoms with Crippen LogP contribution in [0.5, 0.6) is 0 Å². The van der Waals surface area contributed by atoms with Crippen LogP contribution in [0.3, 0.4) is 0 Å². The molecule has 1 aromatic carbocycles. The summed E-state index contributed by atoms with van der Waals surface area (Å²) >= 11 is 12.1. The minimum Gasteiger partial charge on any atom is -0.467 e. The first-order valence-electron chi connectivity index (χ1n) is 9.27. The maximum atomic E-state index is 6.41. The lowest BCUT2D eigenvalue weighted by molar-refractivity contribution is 0.0367. The zero-order valence-corrected chi connectivity index (χ0v) is 17.2. The summed E-state index contributed by atoms with van der Waals surface area (Å²) in [6.07, 6.45) is 2.71. The molecule has 2 aromatic rings. The number of ether oxygens (including phenoxy) is 1. The van der Waals surface area contributed by atoms with Gasteiger partial charge in [0.15, 0.2) is 5.11 Å². The van der Waals surface area contributed by atoms with Gasteiger partial charge < -0.3 is 19.4 Å². The molecule has 1 fully saturated rings. The average Bonchev–Trinajstić information content (AvgIpc) is 3.19. The lowest BCUT2D eigenvalue weighted by atomic mass is 10.2. The SMILES string of the molecule is Cc1cccc(NC(=S)N(CCCN2CCOCC2)Cc2ccco2)c1Cl. The molecule has 27 heavy (non-hydrogen) atoms. The Morgan fingerprint density at radius 2 is 2.07 bits per heavy atom. The zero-order valence-electron chi connectivity index (χ0n) is 15.6. The topological polar surface area (TPSA) is 40.9 Å². The van der Waals surface area contributed by atoms with Gasteiger partial charge in [-0.3, -0.25) is 4.90 Å². The molecule has 146 valence electrons. The first-order valence-corrected chi connectivity index (χ1v) is 10.1. The van der Waals surface area contributed by atoms with Crippen LogP contribution in [-0.2, 0) is 11.3 Å². The van der Waals surface area contributed by atoms with E-state index in [1.54, 1.807) is 6.26 Å². The van der Waals surface area contributed by atoms with E-state index < -0.39 is 0 Å². The predicted octanol–water partition coefficient (Wildman–Crippen LogP) is 4.16. The standard InChI is InChI=1S/C20H26ClN3O2S/c1-16-5-2-7-18(19(16)21)22-20(27)24(15-17-6-3-12-26-17)9-4-8-23-10-13-25-14-11-23/h2-3,5-7,12H,4,8-11,13-15H2,1H3,(H,22,27). The number of benzene rings is 1. The number of nitrogens with zero attached hydrogens (tertiary/aromatic N) is 2. The smallest absolute Gasteiger partial charge is 0.173 e. The molecule has 0 aliphatic carbocycles. The lowest BCUT2D eigenvalue weighted by Gasteiger charge is -2.29. The van der Waals surface area contributed by atoms with Gasteiger partial charge in [-0.2, -0.15) is 0 Å². The molecule has 0 saturated carbocycles. The van der Waals surface area contributed by atoms with E-state index in [-0.39, 0.29) is 0 Å². The van der Waals surface area contributed by atoms with Gasteiger partial charge in [0, 0.05) is 26.2 Å². The molecule has 1 aliphatic rings. The van der Waals surface area contributed by atoms with Gasteiger partial charge in [0.2, 0.25) is 0 Å². The molecule has 1 saturated heterocycles. The fraction of sp³-hybridized carbons (Fsp3) is 0.450. The van der Waals surface area contributed by atoms with Gasteiger partial charge >= 0.3 is 0 Å². The fourth-order valence-electron chi connectivity index (χ4n) is 3.09. The van der Waals surface area contributed by atoms with Crippen molar-refractivity contribution in [2.45, 2.75) is 19.9 Å². The minimum atomic E-state index is 0.630. The van der Waals surface area contributed by atoms with Crippen LogP contribution in [0.4, 0.5) is 5.69 Å². The summed E-state index contributed by atoms with van der Waals surface area (Å²) in [7, 11) is 0. The average molecular weight is 408 g/mol. The third kappa shape index (κ3) is 5.94. The number of aryl methyl sites for hydroxylation is 1. The molecular weight excluding hydrogens is 382 g/mol. The Morgan fingerprint density at radius 1 is 1.26 bits per heavy atom. The molecule has 1 N–H and O–H groups in total. The van der Waals surface area contributed by atoms with Crippen LogP contribution < -0.4 is 5.32 Å². The summed E-state index contributed by atoms with van der Waals surface area (Å²) in [5.74, 6) is 0.890. The predicted molar refractivity (Wildman–Crippen MR) is 113 cm³/mol. The van der Waals surface area contributed by atoms with Gasteiger partial charge in [-0.05, 0) is 49.3 Å². The van der Waals surface area contributed by atoms with E-state index in [0.29, 0.717) is 16.7 Å². The summed E-state index contributed by atoms with van der Waals surface area (Å²) in [5, 5.41) is 4.66. The highest BCUT2D eigenvalue weighted by molar-refractivity contribution is 7.80. The maximum absolute atomic E-state index is 6.41. The molecule has 2 heterocycles. The molecule has 0 unspecified atom stereocenters. The Labute approximate surface area is 171 Å². The third-order valence-electron chi connectivity index (χ3n) is 4.65. The van der Waals surface area contributed by atoms with E-state index in [0.717, 1.165) is 62.8 Å². The number of anilines is 1. The molecule has 0 atom stereocenters. The van der Waals surface area contributed by atoms with E-state index in [1.165, 1.54) is 0 Å². The Balaban J connectivity index is 1.61.